The largest absolute Gasteiger partial charge is 0.487 e. The molecule has 0 saturated heterocycles. The van der Waals surface area contributed by atoms with E-state index < -0.39 is 5.82 Å². The summed E-state index contributed by atoms with van der Waals surface area (Å²) < 4.78 is 21.4. The van der Waals surface area contributed by atoms with Gasteiger partial charge in [-0.05, 0) is 37.8 Å². The van der Waals surface area contributed by atoms with Gasteiger partial charge in [0.25, 0.3) is 0 Å². The van der Waals surface area contributed by atoms with Crippen LogP contribution in [0, 0.1) is 11.7 Å². The van der Waals surface area contributed by atoms with Gasteiger partial charge >= 0.3 is 0 Å². The number of rotatable bonds is 9. The molecule has 0 amide bonds. The maximum atomic E-state index is 13.9. The van der Waals surface area contributed by atoms with E-state index in [9.17, 15) is 4.39 Å². The Morgan fingerprint density at radius 1 is 1.39 bits per heavy atom. The average Bonchev–Trinajstić information content (AvgIpc) is 3.09. The van der Waals surface area contributed by atoms with Gasteiger partial charge in [-0.3, -0.25) is 14.7 Å². The van der Waals surface area contributed by atoms with Crippen molar-refractivity contribution in [1.29, 1.82) is 0 Å². The van der Waals surface area contributed by atoms with Crippen molar-refractivity contribution < 1.29 is 9.13 Å². The molecule has 0 bridgehead atoms. The summed E-state index contributed by atoms with van der Waals surface area (Å²) in [5, 5.41) is 4.20. The number of anilines is 1. The third-order valence-electron chi connectivity index (χ3n) is 4.16. The fraction of sp³-hybridized carbons (Fsp3) is 0.381. The first-order valence-corrected chi connectivity index (χ1v) is 9.34. The van der Waals surface area contributed by atoms with Crippen molar-refractivity contribution in [3.8, 4) is 5.75 Å². The Kier molecular flexibility index (Phi) is 7.92. The first-order chi connectivity index (χ1) is 13.4. The first-order valence-electron chi connectivity index (χ1n) is 9.34. The van der Waals surface area contributed by atoms with E-state index in [0.717, 1.165) is 17.7 Å². The summed E-state index contributed by atoms with van der Waals surface area (Å²) in [6, 6.07) is 4.41. The van der Waals surface area contributed by atoms with Gasteiger partial charge in [0.1, 0.15) is 6.10 Å². The van der Waals surface area contributed by atoms with Gasteiger partial charge < -0.3 is 10.5 Å². The van der Waals surface area contributed by atoms with Crippen LogP contribution in [0.2, 0.25) is 0 Å². The molecule has 2 N–H and O–H groups in total. The van der Waals surface area contributed by atoms with Gasteiger partial charge in [-0.1, -0.05) is 13.8 Å². The van der Waals surface area contributed by atoms with E-state index in [0.29, 0.717) is 12.2 Å². The molecule has 0 aliphatic rings. The van der Waals surface area contributed by atoms with Crippen molar-refractivity contribution in [2.45, 2.75) is 33.3 Å². The number of benzene rings is 1. The van der Waals surface area contributed by atoms with E-state index in [4.69, 9.17) is 10.5 Å². The van der Waals surface area contributed by atoms with Crippen molar-refractivity contribution in [2.75, 3.05) is 12.3 Å². The number of nitrogens with zero attached hydrogens (tertiary/aromatic N) is 4. The van der Waals surface area contributed by atoms with E-state index in [1.54, 1.807) is 16.9 Å². The second-order valence-electron chi connectivity index (χ2n) is 6.60. The van der Waals surface area contributed by atoms with Crippen molar-refractivity contribution in [3.05, 3.63) is 48.0 Å². The van der Waals surface area contributed by atoms with Gasteiger partial charge in [-0.15, -0.1) is 0 Å². The van der Waals surface area contributed by atoms with Crippen LogP contribution in [0.25, 0.3) is 5.70 Å². The molecule has 2 atom stereocenters. The molecule has 0 fully saturated rings. The molecule has 150 valence electrons. The molecule has 28 heavy (non-hydrogen) atoms. The van der Waals surface area contributed by atoms with E-state index in [-0.39, 0.29) is 17.8 Å². The Hall–Kier alpha value is -2.96. The van der Waals surface area contributed by atoms with Crippen LogP contribution in [-0.2, 0) is 7.05 Å². The lowest BCUT2D eigenvalue weighted by Crippen LogP contribution is -2.22. The highest BCUT2D eigenvalue weighted by Crippen LogP contribution is 2.22. The number of aryl methyl sites for hydroxylation is 1. The molecule has 7 heteroatoms. The molecule has 0 radical (unpaired) electrons. The molecule has 6 nitrogen and oxygen atoms in total. The summed E-state index contributed by atoms with van der Waals surface area (Å²) in [4.78, 5) is 8.94. The van der Waals surface area contributed by atoms with E-state index in [1.165, 1.54) is 12.1 Å². The van der Waals surface area contributed by atoms with Crippen LogP contribution in [0.5, 0.6) is 5.75 Å². The Bertz CT molecular complexity index is 856. The minimum Gasteiger partial charge on any atom is -0.487 e. The van der Waals surface area contributed by atoms with Crippen molar-refractivity contribution in [1.82, 2.24) is 9.78 Å². The predicted octanol–water partition coefficient (Wildman–Crippen LogP) is 4.14. The third-order valence-corrected chi connectivity index (χ3v) is 4.16. The van der Waals surface area contributed by atoms with E-state index >= 15 is 0 Å². The lowest BCUT2D eigenvalue weighted by molar-refractivity contribution is 0.185. The maximum absolute atomic E-state index is 13.9. The number of hydrogen-bond donors (Lipinski definition) is 1. The van der Waals surface area contributed by atoms with Crippen LogP contribution in [0.1, 0.15) is 32.8 Å². The molecule has 0 aliphatic heterocycles. The fourth-order valence-corrected chi connectivity index (χ4v) is 2.38. The van der Waals surface area contributed by atoms with Crippen LogP contribution < -0.4 is 10.5 Å². The summed E-state index contributed by atoms with van der Waals surface area (Å²) in [5.74, 6) is -0.337. The number of aliphatic imine (C=N–C) groups is 2. The molecule has 1 heterocycles. The highest BCUT2D eigenvalue weighted by molar-refractivity contribution is 5.75. The summed E-state index contributed by atoms with van der Waals surface area (Å²) >= 11 is 0. The zero-order valence-electron chi connectivity index (χ0n) is 16.8. The van der Waals surface area contributed by atoms with Crippen molar-refractivity contribution in [3.63, 3.8) is 0 Å². The monoisotopic (exact) mass is 385 g/mol. The quantitative estimate of drug-likeness (QED) is 0.520. The Balaban J connectivity index is 2.10. The number of hydrogen-bond acceptors (Lipinski definition) is 5. The summed E-state index contributed by atoms with van der Waals surface area (Å²) in [6.45, 7) is 6.44. The Morgan fingerprint density at radius 2 is 2.18 bits per heavy atom. The topological polar surface area (TPSA) is 77.8 Å². The van der Waals surface area contributed by atoms with Gasteiger partial charge in [-0.25, -0.2) is 4.39 Å². The molecule has 2 aromatic rings. The number of aromatic nitrogens is 2. The van der Waals surface area contributed by atoms with Gasteiger partial charge in [-0.2, -0.15) is 5.10 Å². The maximum Gasteiger partial charge on any atom is 0.167 e. The summed E-state index contributed by atoms with van der Waals surface area (Å²) in [7, 11) is 1.86. The van der Waals surface area contributed by atoms with Crippen molar-refractivity contribution >= 4 is 23.8 Å². The molecule has 2 rings (SSSR count). The molecular weight excluding hydrogens is 357 g/mol. The Morgan fingerprint density at radius 3 is 2.82 bits per heavy atom. The van der Waals surface area contributed by atoms with Crippen LogP contribution in [0.15, 0.2) is 46.7 Å². The molecule has 1 aromatic heterocycles. The van der Waals surface area contributed by atoms with Crippen molar-refractivity contribution in [2.24, 2.45) is 23.0 Å². The van der Waals surface area contributed by atoms with E-state index in [2.05, 4.69) is 15.1 Å². The number of ether oxygens (including phenoxy) is 1. The molecule has 2 unspecified atom stereocenters. The number of nitrogen functional groups attached to an aromatic ring is 1. The van der Waals surface area contributed by atoms with E-state index in [1.807, 2.05) is 52.5 Å². The molecule has 0 aliphatic carbocycles. The van der Waals surface area contributed by atoms with Crippen LogP contribution >= 0.6 is 0 Å². The summed E-state index contributed by atoms with van der Waals surface area (Å²) in [5.41, 5.74) is 7.64. The van der Waals surface area contributed by atoms with Gasteiger partial charge in [0.05, 0.1) is 18.4 Å². The highest BCUT2D eigenvalue weighted by Gasteiger charge is 2.15. The normalized spacial score (nSPS) is 14.7. The lowest BCUT2D eigenvalue weighted by Gasteiger charge is -2.19. The standard InChI is InChI=1S/C21H28FN5O/c1-5-9-24-10-8-20(17-13-26-27(4)14-17)25-12-15(2)16(3)28-21-7-6-18(23)11-19(21)22/h6-9,11-16H,5,10,23H2,1-4H3/b20-8-,24-9-,25-12-. The zero-order chi connectivity index (χ0) is 20.5. The average molecular weight is 385 g/mol. The lowest BCUT2D eigenvalue weighted by atomic mass is 10.1. The molecule has 0 saturated carbocycles. The number of halogens is 1. The fourth-order valence-electron chi connectivity index (χ4n) is 2.38. The highest BCUT2D eigenvalue weighted by atomic mass is 19.1. The Labute approximate surface area is 165 Å². The first kappa shape index (κ1) is 21.3. The van der Waals surface area contributed by atoms with Crippen LogP contribution in [0.3, 0.4) is 0 Å². The SMILES string of the molecule is CC/C=N\C/C=C(\N=C/C(C)C(C)Oc1ccc(N)cc1F)c1cnn(C)c1. The van der Waals surface area contributed by atoms with Crippen LogP contribution in [0.4, 0.5) is 10.1 Å². The second kappa shape index (κ2) is 10.4. The van der Waals surface area contributed by atoms with Crippen LogP contribution in [-0.4, -0.2) is 34.9 Å². The van der Waals surface area contributed by atoms with Gasteiger partial charge in [0.2, 0.25) is 0 Å². The predicted molar refractivity (Wildman–Crippen MR) is 113 cm³/mol. The minimum atomic E-state index is -0.472. The third kappa shape index (κ3) is 6.33. The van der Waals surface area contributed by atoms with Gasteiger partial charge in [0, 0.05) is 42.7 Å². The molecular formula is C21H28FN5O. The molecule has 1 aromatic carbocycles. The zero-order valence-corrected chi connectivity index (χ0v) is 16.8. The minimum absolute atomic E-state index is 0.0452. The van der Waals surface area contributed by atoms with Gasteiger partial charge in [0.15, 0.2) is 11.6 Å². The second-order valence-corrected chi connectivity index (χ2v) is 6.60. The number of nitrogens with two attached hydrogens (primary N) is 1. The smallest absolute Gasteiger partial charge is 0.167 e. The summed E-state index contributed by atoms with van der Waals surface area (Å²) in [6.07, 6.45) is 9.94. The molecule has 0 spiro atoms.